The maximum absolute atomic E-state index is 11.8. The molecule has 0 rings (SSSR count). The van der Waals surface area contributed by atoms with Gasteiger partial charge in [0.15, 0.2) is 0 Å². The predicted molar refractivity (Wildman–Crippen MR) is 101 cm³/mol. The predicted octanol–water partition coefficient (Wildman–Crippen LogP) is 4.48. The van der Waals surface area contributed by atoms with Gasteiger partial charge in [-0.05, 0) is 65.7 Å². The highest BCUT2D eigenvalue weighted by molar-refractivity contribution is 5.68. The summed E-state index contributed by atoms with van der Waals surface area (Å²) < 4.78 is 10.5. The molecule has 0 aromatic rings. The second-order valence-corrected chi connectivity index (χ2v) is 9.55. The Hall–Kier alpha value is -1.46. The largest absolute Gasteiger partial charge is 0.444 e. The fourth-order valence-corrected chi connectivity index (χ4v) is 2.48. The lowest BCUT2D eigenvalue weighted by molar-refractivity contribution is 0.0490. The van der Waals surface area contributed by atoms with Crippen molar-refractivity contribution in [1.29, 1.82) is 0 Å². The standard InChI is InChI=1S/C19H38N2O4/c1-14(10-11-20-15(22)24-17(2,3)4)12-19(8,9)13-21-16(23)25-18(5,6)7/h14H,10-13H2,1-9H3,(H,20,22)(H,21,23). The van der Waals surface area contributed by atoms with Crippen LogP contribution >= 0.6 is 0 Å². The lowest BCUT2D eigenvalue weighted by Gasteiger charge is -2.29. The minimum absolute atomic E-state index is 0.0533. The van der Waals surface area contributed by atoms with Gasteiger partial charge in [-0.15, -0.1) is 0 Å². The molecule has 6 nitrogen and oxygen atoms in total. The molecule has 2 amide bonds. The van der Waals surface area contributed by atoms with Crippen molar-refractivity contribution in [2.24, 2.45) is 11.3 Å². The molecule has 0 radical (unpaired) electrons. The minimum atomic E-state index is -0.491. The summed E-state index contributed by atoms with van der Waals surface area (Å²) >= 11 is 0. The first kappa shape index (κ1) is 23.5. The van der Waals surface area contributed by atoms with E-state index in [-0.39, 0.29) is 17.6 Å². The third-order valence-electron chi connectivity index (χ3n) is 3.32. The molecule has 1 atom stereocenters. The quantitative estimate of drug-likeness (QED) is 0.703. The number of hydrogen-bond acceptors (Lipinski definition) is 4. The molecule has 0 saturated heterocycles. The minimum Gasteiger partial charge on any atom is -0.444 e. The Morgan fingerprint density at radius 3 is 1.72 bits per heavy atom. The van der Waals surface area contributed by atoms with Crippen molar-refractivity contribution in [2.75, 3.05) is 13.1 Å². The summed E-state index contributed by atoms with van der Waals surface area (Å²) in [6.45, 7) is 18.6. The zero-order valence-electron chi connectivity index (χ0n) is 17.5. The van der Waals surface area contributed by atoms with E-state index in [1.165, 1.54) is 0 Å². The molecule has 0 aromatic carbocycles. The second-order valence-electron chi connectivity index (χ2n) is 9.55. The van der Waals surface area contributed by atoms with Crippen LogP contribution in [0, 0.1) is 11.3 Å². The monoisotopic (exact) mass is 358 g/mol. The van der Waals surface area contributed by atoms with Crippen LogP contribution in [0.1, 0.15) is 75.2 Å². The van der Waals surface area contributed by atoms with Crippen LogP contribution in [0.3, 0.4) is 0 Å². The molecular formula is C19H38N2O4. The van der Waals surface area contributed by atoms with Crippen molar-refractivity contribution in [1.82, 2.24) is 10.6 Å². The average molecular weight is 359 g/mol. The van der Waals surface area contributed by atoms with Crippen LogP contribution in [-0.4, -0.2) is 36.5 Å². The Kier molecular flexibility index (Phi) is 8.75. The smallest absolute Gasteiger partial charge is 0.407 e. The van der Waals surface area contributed by atoms with Crippen molar-refractivity contribution in [3.8, 4) is 0 Å². The number of carbonyl (C=O) groups excluding carboxylic acids is 2. The molecule has 0 aliphatic carbocycles. The molecule has 0 heterocycles. The maximum atomic E-state index is 11.8. The number of nitrogens with one attached hydrogen (secondary N) is 2. The highest BCUT2D eigenvalue weighted by Gasteiger charge is 2.24. The molecule has 0 saturated carbocycles. The van der Waals surface area contributed by atoms with E-state index in [1.807, 2.05) is 41.5 Å². The van der Waals surface area contributed by atoms with Crippen LogP contribution in [0.4, 0.5) is 9.59 Å². The molecule has 0 fully saturated rings. The maximum Gasteiger partial charge on any atom is 0.407 e. The van der Waals surface area contributed by atoms with Gasteiger partial charge in [-0.25, -0.2) is 9.59 Å². The van der Waals surface area contributed by atoms with Crippen molar-refractivity contribution < 1.29 is 19.1 Å². The first-order valence-electron chi connectivity index (χ1n) is 9.03. The van der Waals surface area contributed by atoms with Crippen LogP contribution in [0.15, 0.2) is 0 Å². The average Bonchev–Trinajstić information content (AvgIpc) is 2.31. The summed E-state index contributed by atoms with van der Waals surface area (Å²) in [6.07, 6.45) is 1.01. The van der Waals surface area contributed by atoms with Crippen LogP contribution in [-0.2, 0) is 9.47 Å². The number of amides is 2. The highest BCUT2D eigenvalue weighted by Crippen LogP contribution is 2.26. The summed E-state index contributed by atoms with van der Waals surface area (Å²) in [5.74, 6) is 0.408. The molecule has 2 N–H and O–H groups in total. The molecule has 0 aliphatic rings. The number of rotatable bonds is 7. The third-order valence-corrected chi connectivity index (χ3v) is 3.32. The van der Waals surface area contributed by atoms with E-state index in [0.717, 1.165) is 12.8 Å². The molecule has 1 unspecified atom stereocenters. The number of ether oxygens (including phenoxy) is 2. The fraction of sp³-hybridized carbons (Fsp3) is 0.895. The van der Waals surface area contributed by atoms with E-state index < -0.39 is 11.2 Å². The number of carbonyl (C=O) groups is 2. The van der Waals surface area contributed by atoms with Crippen LogP contribution < -0.4 is 10.6 Å². The summed E-state index contributed by atoms with van der Waals surface area (Å²) in [4.78, 5) is 23.4. The lowest BCUT2D eigenvalue weighted by Crippen LogP contribution is -2.39. The molecule has 0 aromatic heterocycles. The summed E-state index contributed by atoms with van der Waals surface area (Å²) in [5.41, 5.74) is -1.03. The molecule has 0 aliphatic heterocycles. The van der Waals surface area contributed by atoms with E-state index in [1.54, 1.807) is 0 Å². The van der Waals surface area contributed by atoms with E-state index in [2.05, 4.69) is 31.4 Å². The second kappa shape index (κ2) is 9.30. The van der Waals surface area contributed by atoms with Crippen molar-refractivity contribution >= 4 is 12.2 Å². The molecule has 25 heavy (non-hydrogen) atoms. The van der Waals surface area contributed by atoms with Gasteiger partial charge >= 0.3 is 12.2 Å². The number of hydrogen-bond donors (Lipinski definition) is 2. The summed E-state index contributed by atoms with van der Waals surface area (Å²) in [5, 5.41) is 5.61. The Bertz CT molecular complexity index is 434. The topological polar surface area (TPSA) is 76.7 Å². The van der Waals surface area contributed by atoms with Gasteiger partial charge in [0, 0.05) is 13.1 Å². The van der Waals surface area contributed by atoms with Gasteiger partial charge in [0.05, 0.1) is 0 Å². The third kappa shape index (κ3) is 14.6. The lowest BCUT2D eigenvalue weighted by atomic mass is 9.82. The van der Waals surface area contributed by atoms with Gasteiger partial charge in [0.25, 0.3) is 0 Å². The first-order valence-corrected chi connectivity index (χ1v) is 9.03. The summed E-state index contributed by atoms with van der Waals surface area (Å²) in [7, 11) is 0. The highest BCUT2D eigenvalue weighted by atomic mass is 16.6. The van der Waals surface area contributed by atoms with Crippen molar-refractivity contribution in [2.45, 2.75) is 86.4 Å². The van der Waals surface area contributed by atoms with Gasteiger partial charge in [0.1, 0.15) is 11.2 Å². The fourth-order valence-electron chi connectivity index (χ4n) is 2.48. The van der Waals surface area contributed by atoms with Crippen molar-refractivity contribution in [3.63, 3.8) is 0 Å². The molecule has 0 spiro atoms. The normalized spacial score (nSPS) is 13.8. The molecular weight excluding hydrogens is 320 g/mol. The zero-order valence-corrected chi connectivity index (χ0v) is 17.5. The van der Waals surface area contributed by atoms with Gasteiger partial charge in [-0.3, -0.25) is 0 Å². The Morgan fingerprint density at radius 1 is 0.840 bits per heavy atom. The van der Waals surface area contributed by atoms with E-state index in [9.17, 15) is 9.59 Å². The van der Waals surface area contributed by atoms with Gasteiger partial charge < -0.3 is 20.1 Å². The summed E-state index contributed by atoms with van der Waals surface area (Å²) in [6, 6.07) is 0. The van der Waals surface area contributed by atoms with E-state index in [0.29, 0.717) is 19.0 Å². The van der Waals surface area contributed by atoms with Crippen molar-refractivity contribution in [3.05, 3.63) is 0 Å². The van der Waals surface area contributed by atoms with Gasteiger partial charge in [-0.2, -0.15) is 0 Å². The van der Waals surface area contributed by atoms with E-state index >= 15 is 0 Å². The first-order chi connectivity index (χ1) is 11.1. The Balaban J connectivity index is 4.12. The van der Waals surface area contributed by atoms with Gasteiger partial charge in [0.2, 0.25) is 0 Å². The van der Waals surface area contributed by atoms with Crippen LogP contribution in [0.5, 0.6) is 0 Å². The Labute approximate surface area is 153 Å². The number of alkyl carbamates (subject to hydrolysis) is 2. The Morgan fingerprint density at radius 2 is 1.28 bits per heavy atom. The van der Waals surface area contributed by atoms with E-state index in [4.69, 9.17) is 9.47 Å². The van der Waals surface area contributed by atoms with Crippen LogP contribution in [0.25, 0.3) is 0 Å². The molecule has 0 bridgehead atoms. The van der Waals surface area contributed by atoms with Gasteiger partial charge in [-0.1, -0.05) is 20.8 Å². The molecule has 148 valence electrons. The SMILES string of the molecule is CC(CCNC(=O)OC(C)(C)C)CC(C)(C)CNC(=O)OC(C)(C)C. The molecule has 6 heteroatoms. The zero-order chi connectivity index (χ0) is 19.9. The van der Waals surface area contributed by atoms with Crippen LogP contribution in [0.2, 0.25) is 0 Å².